The average molecular weight is 449 g/mol. The summed E-state index contributed by atoms with van der Waals surface area (Å²) in [5.41, 5.74) is 3.58. The number of allylic oxidation sites excluding steroid dienone is 6. The van der Waals surface area contributed by atoms with Gasteiger partial charge in [-0.25, -0.2) is 4.57 Å². The molecule has 0 bridgehead atoms. The van der Waals surface area contributed by atoms with Crippen LogP contribution in [0.5, 0.6) is 0 Å². The van der Waals surface area contributed by atoms with E-state index in [-0.39, 0.29) is 22.6 Å². The highest BCUT2D eigenvalue weighted by Gasteiger charge is 2.36. The highest BCUT2D eigenvalue weighted by Crippen LogP contribution is 2.37. The largest absolute Gasteiger partial charge is 0.461 e. The van der Waals surface area contributed by atoms with Crippen LogP contribution in [-0.2, 0) is 11.8 Å². The second-order valence-electron chi connectivity index (χ2n) is 9.72. The van der Waals surface area contributed by atoms with Crippen LogP contribution in [0.1, 0.15) is 47.1 Å². The molecule has 1 aliphatic heterocycles. The summed E-state index contributed by atoms with van der Waals surface area (Å²) in [6.45, 7) is 6.14. The van der Waals surface area contributed by atoms with Gasteiger partial charge in [0.15, 0.2) is 17.8 Å². The normalized spacial score (nSPS) is 16.1. The fourth-order valence-corrected chi connectivity index (χ4v) is 4.34. The lowest BCUT2D eigenvalue weighted by molar-refractivity contribution is -0.645. The summed E-state index contributed by atoms with van der Waals surface area (Å²) < 4.78 is 8.29. The maximum Gasteiger partial charge on any atom is 0.212 e. The van der Waals surface area contributed by atoms with Crippen LogP contribution in [-0.4, -0.2) is 11.6 Å². The standard InChI is InChI=1S/C30H26NO3/c1-30(2,3)26-17-21(27-28(32)23-10-6-7-11-24(23)29(27)33)16-22(34-26)14-13-19-15-20-9-5-8-12-25(20)31(4)18-19/h5-18H,1-4H3/q+1/b14-13+. The second kappa shape index (κ2) is 8.07. The number of hydrogen-bond donors (Lipinski definition) is 0. The van der Waals surface area contributed by atoms with E-state index < -0.39 is 0 Å². The van der Waals surface area contributed by atoms with Crippen LogP contribution in [0.4, 0.5) is 0 Å². The minimum absolute atomic E-state index is 0.203. The Balaban J connectivity index is 1.58. The van der Waals surface area contributed by atoms with E-state index in [1.807, 2.05) is 58.2 Å². The third kappa shape index (κ3) is 3.81. The van der Waals surface area contributed by atoms with E-state index in [1.54, 1.807) is 30.3 Å². The van der Waals surface area contributed by atoms with Crippen LogP contribution in [0.3, 0.4) is 0 Å². The number of carbonyl (C=O) groups is 2. The molecule has 4 nitrogen and oxygen atoms in total. The van der Waals surface area contributed by atoms with E-state index in [4.69, 9.17) is 4.74 Å². The van der Waals surface area contributed by atoms with Gasteiger partial charge in [0.25, 0.3) is 0 Å². The molecule has 0 atom stereocenters. The van der Waals surface area contributed by atoms with Crippen LogP contribution in [0.15, 0.2) is 102 Å². The van der Waals surface area contributed by atoms with Gasteiger partial charge >= 0.3 is 0 Å². The van der Waals surface area contributed by atoms with Gasteiger partial charge in [0.1, 0.15) is 18.6 Å². The lowest BCUT2D eigenvalue weighted by atomic mass is 9.89. The quantitative estimate of drug-likeness (QED) is 0.279. The first-order valence-electron chi connectivity index (χ1n) is 11.3. The third-order valence-corrected chi connectivity index (χ3v) is 6.13. The number of hydrogen-bond acceptors (Lipinski definition) is 3. The fraction of sp³-hybridized carbons (Fsp3) is 0.167. The van der Waals surface area contributed by atoms with Crippen LogP contribution < -0.4 is 4.57 Å². The molecule has 0 unspecified atom stereocenters. The van der Waals surface area contributed by atoms with Crippen molar-refractivity contribution in [3.63, 3.8) is 0 Å². The number of Topliss-reactive ketones (excluding diaryl/α,β-unsaturated/α-hetero) is 2. The first kappa shape index (κ1) is 21.8. The van der Waals surface area contributed by atoms with Crippen molar-refractivity contribution in [3.8, 4) is 0 Å². The van der Waals surface area contributed by atoms with Crippen molar-refractivity contribution in [1.82, 2.24) is 0 Å². The Bertz CT molecular complexity index is 1460. The van der Waals surface area contributed by atoms with Gasteiger partial charge in [-0.3, -0.25) is 9.59 Å². The number of rotatable bonds is 2. The molecule has 0 fully saturated rings. The zero-order valence-corrected chi connectivity index (χ0v) is 19.8. The number of aryl methyl sites for hydroxylation is 1. The van der Waals surface area contributed by atoms with E-state index in [2.05, 4.69) is 29.0 Å². The smallest absolute Gasteiger partial charge is 0.212 e. The van der Waals surface area contributed by atoms with Crippen molar-refractivity contribution in [1.29, 1.82) is 0 Å². The first-order valence-corrected chi connectivity index (χ1v) is 11.3. The molecule has 0 saturated heterocycles. The topological polar surface area (TPSA) is 47.2 Å². The molecule has 0 spiro atoms. The molecule has 3 aromatic rings. The molecular formula is C30H26NO3+. The minimum atomic E-state index is -0.300. The predicted molar refractivity (Wildman–Crippen MR) is 133 cm³/mol. The lowest BCUT2D eigenvalue weighted by Gasteiger charge is -2.27. The summed E-state index contributed by atoms with van der Waals surface area (Å²) in [7, 11) is 2.02. The molecular weight excluding hydrogens is 422 g/mol. The maximum atomic E-state index is 13.1. The van der Waals surface area contributed by atoms with Gasteiger partial charge < -0.3 is 4.74 Å². The Morgan fingerprint density at radius 2 is 1.50 bits per heavy atom. The number of pyridine rings is 1. The van der Waals surface area contributed by atoms with Crippen molar-refractivity contribution in [2.75, 3.05) is 0 Å². The number of para-hydroxylation sites is 1. The van der Waals surface area contributed by atoms with E-state index in [9.17, 15) is 9.59 Å². The summed E-state index contributed by atoms with van der Waals surface area (Å²) in [4.78, 5) is 26.2. The van der Waals surface area contributed by atoms with Gasteiger partial charge in [0, 0.05) is 33.6 Å². The van der Waals surface area contributed by atoms with Crippen molar-refractivity contribution >= 4 is 28.5 Å². The van der Waals surface area contributed by atoms with Gasteiger partial charge in [-0.15, -0.1) is 0 Å². The maximum absolute atomic E-state index is 13.1. The number of ketones is 2. The van der Waals surface area contributed by atoms with E-state index in [0.29, 0.717) is 28.2 Å². The molecule has 168 valence electrons. The molecule has 1 aromatic heterocycles. The van der Waals surface area contributed by atoms with Crippen LogP contribution in [0.25, 0.3) is 17.0 Å². The van der Waals surface area contributed by atoms with Crippen LogP contribution in [0.2, 0.25) is 0 Å². The molecule has 4 heteroatoms. The molecule has 2 aromatic carbocycles. The molecule has 2 heterocycles. The third-order valence-electron chi connectivity index (χ3n) is 6.13. The summed E-state index contributed by atoms with van der Waals surface area (Å²) in [5.74, 6) is 0.825. The van der Waals surface area contributed by atoms with Crippen molar-refractivity contribution in [3.05, 3.63) is 118 Å². The number of carbonyl (C=O) groups excluding carboxylic acids is 2. The summed E-state index contributed by atoms with van der Waals surface area (Å²) in [6.07, 6.45) is 9.54. The highest BCUT2D eigenvalue weighted by atomic mass is 16.5. The molecule has 34 heavy (non-hydrogen) atoms. The SMILES string of the molecule is C[n+]1cc(/C=C/C2=CC(=C3C(=O)c4ccccc4C3=O)C=C(C(C)(C)C)O2)cc2ccccc21. The number of nitrogens with zero attached hydrogens (tertiary/aromatic N) is 1. The highest BCUT2D eigenvalue weighted by molar-refractivity contribution is 6.40. The van der Waals surface area contributed by atoms with Gasteiger partial charge in [-0.1, -0.05) is 57.2 Å². The van der Waals surface area contributed by atoms with Crippen molar-refractivity contribution < 1.29 is 18.9 Å². The van der Waals surface area contributed by atoms with Gasteiger partial charge in [-0.2, -0.15) is 0 Å². The summed E-state index contributed by atoms with van der Waals surface area (Å²) in [5, 5.41) is 1.14. The van der Waals surface area contributed by atoms with E-state index in [0.717, 1.165) is 16.5 Å². The van der Waals surface area contributed by atoms with Gasteiger partial charge in [0.2, 0.25) is 5.52 Å². The molecule has 0 radical (unpaired) electrons. The van der Waals surface area contributed by atoms with E-state index >= 15 is 0 Å². The van der Waals surface area contributed by atoms with Crippen LogP contribution >= 0.6 is 0 Å². The summed E-state index contributed by atoms with van der Waals surface area (Å²) >= 11 is 0. The molecule has 1 aliphatic carbocycles. The first-order chi connectivity index (χ1) is 16.2. The predicted octanol–water partition coefficient (Wildman–Crippen LogP) is 5.90. The number of fused-ring (bicyclic) bond motifs is 2. The minimum Gasteiger partial charge on any atom is -0.461 e. The van der Waals surface area contributed by atoms with Crippen molar-refractivity contribution in [2.24, 2.45) is 12.5 Å². The Labute approximate surface area is 199 Å². The zero-order valence-electron chi connectivity index (χ0n) is 19.8. The fourth-order valence-electron chi connectivity index (χ4n) is 4.34. The molecule has 0 N–H and O–H groups in total. The monoisotopic (exact) mass is 448 g/mol. The second-order valence-corrected chi connectivity index (χ2v) is 9.72. The molecule has 5 rings (SSSR count). The Hall–Kier alpha value is -4.05. The molecule has 0 amide bonds. The number of benzene rings is 2. The summed E-state index contributed by atoms with van der Waals surface area (Å²) in [6, 6.07) is 17.3. The Morgan fingerprint density at radius 1 is 0.853 bits per heavy atom. The van der Waals surface area contributed by atoms with Gasteiger partial charge in [0.05, 0.1) is 5.57 Å². The zero-order chi connectivity index (χ0) is 24.0. The lowest BCUT2D eigenvalue weighted by Crippen LogP contribution is -2.28. The van der Waals surface area contributed by atoms with Gasteiger partial charge in [-0.05, 0) is 42.0 Å². The number of ether oxygens (including phenoxy) is 1. The van der Waals surface area contributed by atoms with E-state index in [1.165, 1.54) is 0 Å². The Morgan fingerprint density at radius 3 is 2.18 bits per heavy atom. The Kier molecular flexibility index (Phi) is 5.17. The molecule has 2 aliphatic rings. The average Bonchev–Trinajstić information content (AvgIpc) is 3.07. The van der Waals surface area contributed by atoms with Crippen LogP contribution in [0, 0.1) is 5.41 Å². The molecule has 0 saturated carbocycles. The number of aromatic nitrogens is 1. The van der Waals surface area contributed by atoms with Crippen molar-refractivity contribution in [2.45, 2.75) is 20.8 Å².